The number of guanidine groups is 1. The van der Waals surface area contributed by atoms with Crippen molar-refractivity contribution in [2.45, 2.75) is 19.5 Å². The number of piperazine rings is 1. The second-order valence-corrected chi connectivity index (χ2v) is 7.13. The van der Waals surface area contributed by atoms with Crippen molar-refractivity contribution < 1.29 is 0 Å². The quantitative estimate of drug-likeness (QED) is 0.417. The van der Waals surface area contributed by atoms with Gasteiger partial charge < -0.3 is 15.5 Å². The molecule has 1 saturated heterocycles. The second-order valence-electron chi connectivity index (χ2n) is 7.13. The van der Waals surface area contributed by atoms with Gasteiger partial charge in [0.25, 0.3) is 0 Å². The van der Waals surface area contributed by atoms with E-state index in [4.69, 9.17) is 0 Å². The number of rotatable bonds is 8. The lowest BCUT2D eigenvalue weighted by atomic mass is 10.2. The Labute approximate surface area is 168 Å². The molecule has 1 aromatic heterocycles. The minimum atomic E-state index is 0.684. The van der Waals surface area contributed by atoms with Crippen LogP contribution in [0.25, 0.3) is 0 Å². The van der Waals surface area contributed by atoms with Gasteiger partial charge in [-0.15, -0.1) is 0 Å². The fourth-order valence-electron chi connectivity index (χ4n) is 3.42. The zero-order valence-electron chi connectivity index (χ0n) is 16.8. The Morgan fingerprint density at radius 3 is 2.43 bits per heavy atom. The SMILES string of the molecule is CN=C(NCCCN1CCN(Cc2ccccc2)CC1)NCc1ccccn1. The van der Waals surface area contributed by atoms with Gasteiger partial charge >= 0.3 is 0 Å². The predicted octanol–water partition coefficient (Wildman–Crippen LogP) is 1.95. The number of hydrogen-bond acceptors (Lipinski definition) is 4. The number of benzene rings is 1. The third kappa shape index (κ3) is 6.94. The molecule has 0 amide bonds. The van der Waals surface area contributed by atoms with Crippen LogP contribution < -0.4 is 10.6 Å². The van der Waals surface area contributed by atoms with Crippen molar-refractivity contribution in [1.82, 2.24) is 25.4 Å². The highest BCUT2D eigenvalue weighted by Gasteiger charge is 2.16. The summed E-state index contributed by atoms with van der Waals surface area (Å²) in [6.07, 6.45) is 2.93. The highest BCUT2D eigenvalue weighted by molar-refractivity contribution is 5.79. The topological polar surface area (TPSA) is 55.8 Å². The van der Waals surface area contributed by atoms with Gasteiger partial charge in [0, 0.05) is 52.5 Å². The average Bonchev–Trinajstić information content (AvgIpc) is 2.76. The summed E-state index contributed by atoms with van der Waals surface area (Å²) in [6, 6.07) is 16.7. The highest BCUT2D eigenvalue weighted by atomic mass is 15.3. The van der Waals surface area contributed by atoms with Crippen LogP contribution in [0.3, 0.4) is 0 Å². The van der Waals surface area contributed by atoms with Gasteiger partial charge in [-0.25, -0.2) is 0 Å². The largest absolute Gasteiger partial charge is 0.356 e. The Kier molecular flexibility index (Phi) is 8.27. The van der Waals surface area contributed by atoms with E-state index >= 15 is 0 Å². The maximum Gasteiger partial charge on any atom is 0.191 e. The van der Waals surface area contributed by atoms with E-state index in [9.17, 15) is 0 Å². The summed E-state index contributed by atoms with van der Waals surface area (Å²) in [7, 11) is 1.81. The first-order valence-electron chi connectivity index (χ1n) is 10.2. The van der Waals surface area contributed by atoms with Crippen molar-refractivity contribution >= 4 is 5.96 Å². The highest BCUT2D eigenvalue weighted by Crippen LogP contribution is 2.08. The molecular weight excluding hydrogens is 348 g/mol. The molecule has 28 heavy (non-hydrogen) atoms. The number of pyridine rings is 1. The van der Waals surface area contributed by atoms with Gasteiger partial charge in [0.2, 0.25) is 0 Å². The molecule has 6 nitrogen and oxygen atoms in total. The molecule has 0 spiro atoms. The molecule has 3 rings (SSSR count). The smallest absolute Gasteiger partial charge is 0.191 e. The zero-order chi connectivity index (χ0) is 19.4. The van der Waals surface area contributed by atoms with E-state index in [-0.39, 0.29) is 0 Å². The molecule has 1 fully saturated rings. The van der Waals surface area contributed by atoms with Gasteiger partial charge in [-0.1, -0.05) is 36.4 Å². The third-order valence-corrected chi connectivity index (χ3v) is 5.04. The molecule has 0 atom stereocenters. The molecule has 1 aromatic carbocycles. The van der Waals surface area contributed by atoms with E-state index in [1.807, 2.05) is 24.4 Å². The van der Waals surface area contributed by atoms with E-state index in [2.05, 4.69) is 60.7 Å². The van der Waals surface area contributed by atoms with Crippen molar-refractivity contribution in [3.05, 3.63) is 66.0 Å². The lowest BCUT2D eigenvalue weighted by molar-refractivity contribution is 0.126. The Morgan fingerprint density at radius 2 is 1.71 bits per heavy atom. The van der Waals surface area contributed by atoms with Gasteiger partial charge in [-0.05, 0) is 30.7 Å². The molecule has 150 valence electrons. The molecule has 1 aliphatic heterocycles. The number of nitrogens with zero attached hydrogens (tertiary/aromatic N) is 4. The van der Waals surface area contributed by atoms with Crippen LogP contribution in [0.1, 0.15) is 17.7 Å². The van der Waals surface area contributed by atoms with Crippen molar-refractivity contribution in [3.63, 3.8) is 0 Å². The molecule has 2 aromatic rings. The molecule has 6 heteroatoms. The average molecular weight is 381 g/mol. The Morgan fingerprint density at radius 1 is 0.964 bits per heavy atom. The number of nitrogens with one attached hydrogen (secondary N) is 2. The normalized spacial score (nSPS) is 16.1. The van der Waals surface area contributed by atoms with Crippen LogP contribution >= 0.6 is 0 Å². The predicted molar refractivity (Wildman–Crippen MR) is 115 cm³/mol. The van der Waals surface area contributed by atoms with Gasteiger partial charge in [-0.3, -0.25) is 14.9 Å². The van der Waals surface area contributed by atoms with Gasteiger partial charge in [0.1, 0.15) is 0 Å². The van der Waals surface area contributed by atoms with Crippen LogP contribution in [-0.2, 0) is 13.1 Å². The lowest BCUT2D eigenvalue weighted by Crippen LogP contribution is -2.46. The lowest BCUT2D eigenvalue weighted by Gasteiger charge is -2.34. The summed E-state index contributed by atoms with van der Waals surface area (Å²) >= 11 is 0. The summed E-state index contributed by atoms with van der Waals surface area (Å²) in [6.45, 7) is 8.40. The van der Waals surface area contributed by atoms with Crippen LogP contribution in [0.15, 0.2) is 59.7 Å². The summed E-state index contributed by atoms with van der Waals surface area (Å²) in [4.78, 5) is 13.7. The maximum atomic E-state index is 4.32. The van der Waals surface area contributed by atoms with E-state index in [1.165, 1.54) is 5.56 Å². The molecule has 0 unspecified atom stereocenters. The minimum absolute atomic E-state index is 0.684. The number of aromatic nitrogens is 1. The molecule has 0 bridgehead atoms. The number of aliphatic imine (C=N–C) groups is 1. The fraction of sp³-hybridized carbons (Fsp3) is 0.455. The van der Waals surface area contributed by atoms with Crippen molar-refractivity contribution in [3.8, 4) is 0 Å². The van der Waals surface area contributed by atoms with Gasteiger partial charge in [-0.2, -0.15) is 0 Å². The first kappa shape index (κ1) is 20.3. The molecule has 1 aliphatic rings. The molecule has 2 N–H and O–H groups in total. The van der Waals surface area contributed by atoms with E-state index in [0.29, 0.717) is 6.54 Å². The Bertz CT molecular complexity index is 695. The first-order chi connectivity index (χ1) is 13.8. The summed E-state index contributed by atoms with van der Waals surface area (Å²) in [5, 5.41) is 6.70. The van der Waals surface area contributed by atoms with Crippen LogP contribution in [0, 0.1) is 0 Å². The van der Waals surface area contributed by atoms with E-state index in [1.54, 1.807) is 7.05 Å². The van der Waals surface area contributed by atoms with E-state index in [0.717, 1.165) is 63.9 Å². The summed E-state index contributed by atoms with van der Waals surface area (Å²) in [5.74, 6) is 0.832. The minimum Gasteiger partial charge on any atom is -0.356 e. The van der Waals surface area contributed by atoms with Gasteiger partial charge in [0.15, 0.2) is 5.96 Å². The van der Waals surface area contributed by atoms with Crippen molar-refractivity contribution in [2.24, 2.45) is 4.99 Å². The third-order valence-electron chi connectivity index (χ3n) is 5.04. The Hall–Kier alpha value is -2.44. The van der Waals surface area contributed by atoms with Crippen molar-refractivity contribution in [1.29, 1.82) is 0 Å². The van der Waals surface area contributed by atoms with Crippen LogP contribution in [0.4, 0.5) is 0 Å². The molecule has 2 heterocycles. The molecular formula is C22H32N6. The number of hydrogen-bond donors (Lipinski definition) is 2. The molecule has 0 saturated carbocycles. The molecule has 0 radical (unpaired) electrons. The van der Waals surface area contributed by atoms with Gasteiger partial charge in [0.05, 0.1) is 12.2 Å². The molecule has 0 aliphatic carbocycles. The fourth-order valence-corrected chi connectivity index (χ4v) is 3.42. The summed E-state index contributed by atoms with van der Waals surface area (Å²) in [5.41, 5.74) is 2.42. The van der Waals surface area contributed by atoms with Crippen LogP contribution in [0.5, 0.6) is 0 Å². The van der Waals surface area contributed by atoms with Crippen LogP contribution in [-0.4, -0.2) is 67.1 Å². The first-order valence-corrected chi connectivity index (χ1v) is 10.2. The Balaban J connectivity index is 1.27. The maximum absolute atomic E-state index is 4.32. The second kappa shape index (κ2) is 11.4. The van der Waals surface area contributed by atoms with Crippen LogP contribution in [0.2, 0.25) is 0 Å². The zero-order valence-corrected chi connectivity index (χ0v) is 16.8. The standard InChI is InChI=1S/C22H32N6/c1-23-22(26-18-21-10-5-6-11-24-21)25-12-7-13-27-14-16-28(17-15-27)19-20-8-3-2-4-9-20/h2-6,8-11H,7,12-19H2,1H3,(H2,23,25,26). The monoisotopic (exact) mass is 380 g/mol. The van der Waals surface area contributed by atoms with E-state index < -0.39 is 0 Å². The van der Waals surface area contributed by atoms with Crippen molar-refractivity contribution in [2.75, 3.05) is 46.3 Å². The summed E-state index contributed by atoms with van der Waals surface area (Å²) < 4.78 is 0.